The van der Waals surface area contributed by atoms with Crippen molar-refractivity contribution in [2.24, 2.45) is 11.7 Å². The summed E-state index contributed by atoms with van der Waals surface area (Å²) in [5.41, 5.74) is 5.22. The number of amides is 1. The zero-order valence-electron chi connectivity index (χ0n) is 10.5. The smallest absolute Gasteiger partial charge is 0.220 e. The van der Waals surface area contributed by atoms with Crippen molar-refractivity contribution in [1.82, 2.24) is 5.32 Å². The van der Waals surface area contributed by atoms with E-state index in [0.29, 0.717) is 38.6 Å². The molecule has 15 heavy (non-hydrogen) atoms. The normalized spacial score (nSPS) is 9.47. The molecule has 0 aromatic carbocycles. The molecule has 0 bridgehead atoms. The van der Waals surface area contributed by atoms with Gasteiger partial charge in [-0.1, -0.05) is 27.7 Å². The van der Waals surface area contributed by atoms with E-state index in [1.54, 1.807) is 0 Å². The molecule has 3 N–H and O–H groups in total. The monoisotopic (exact) mass is 222 g/mol. The lowest BCUT2D eigenvalue weighted by atomic mass is 10.1. The first kappa shape index (κ1) is 16.8. The van der Waals surface area contributed by atoms with Crippen molar-refractivity contribution < 1.29 is 12.4 Å². The van der Waals surface area contributed by atoms with Crippen molar-refractivity contribution in [2.45, 2.75) is 34.1 Å². The molecule has 0 aliphatic rings. The van der Waals surface area contributed by atoms with Gasteiger partial charge >= 0.3 is 0 Å². The largest absolute Gasteiger partial charge is 0.378 e. The number of rotatable bonds is 7. The molecule has 0 spiro atoms. The molecule has 4 nitrogen and oxygen atoms in total. The van der Waals surface area contributed by atoms with Crippen LogP contribution in [0.1, 0.15) is 37.0 Å². The standard InChI is InChI=1S/C9H20N2O2.C2H6.2H2/c1-8(2)7-9(12)11-4-6-13-5-3-10;1-2;;/h8H,3-7,10H2,1-2H3,(H,11,12);1-2H3;2*1H. The highest BCUT2D eigenvalue weighted by atomic mass is 16.5. The van der Waals surface area contributed by atoms with Crippen molar-refractivity contribution in [3.8, 4) is 0 Å². The Morgan fingerprint density at radius 2 is 2.00 bits per heavy atom. The molecule has 0 saturated carbocycles. The Hall–Kier alpha value is -0.610. The molecule has 4 heteroatoms. The van der Waals surface area contributed by atoms with E-state index in [1.807, 2.05) is 27.7 Å². The molecule has 0 saturated heterocycles. The van der Waals surface area contributed by atoms with Crippen LogP contribution >= 0.6 is 0 Å². The minimum absolute atomic E-state index is 0. The molecule has 0 atom stereocenters. The first-order valence-corrected chi connectivity index (χ1v) is 5.71. The Kier molecular flexibility index (Phi) is 15.0. The SMILES string of the molecule is CC.CC(C)CC(=O)NCCOCCN.[HH].[HH]. The summed E-state index contributed by atoms with van der Waals surface area (Å²) in [5.74, 6) is 0.497. The highest BCUT2D eigenvalue weighted by molar-refractivity contribution is 5.75. The average Bonchev–Trinajstić information content (AvgIpc) is 2.19. The molecule has 0 aromatic rings. The highest BCUT2D eigenvalue weighted by Crippen LogP contribution is 1.97. The predicted molar refractivity (Wildman–Crippen MR) is 67.9 cm³/mol. The van der Waals surface area contributed by atoms with Gasteiger partial charge in [-0.25, -0.2) is 0 Å². The molecular formula is C11H30N2O2. The van der Waals surface area contributed by atoms with Crippen molar-refractivity contribution >= 4 is 5.91 Å². The fraction of sp³-hybridized carbons (Fsp3) is 0.909. The van der Waals surface area contributed by atoms with E-state index in [-0.39, 0.29) is 8.76 Å². The topological polar surface area (TPSA) is 64.3 Å². The number of nitrogens with one attached hydrogen (secondary N) is 1. The van der Waals surface area contributed by atoms with Gasteiger partial charge in [-0.05, 0) is 5.92 Å². The van der Waals surface area contributed by atoms with E-state index < -0.39 is 0 Å². The third-order valence-corrected chi connectivity index (χ3v) is 1.42. The van der Waals surface area contributed by atoms with Gasteiger partial charge in [-0.15, -0.1) is 0 Å². The van der Waals surface area contributed by atoms with Crippen LogP contribution in [0.25, 0.3) is 0 Å². The Labute approximate surface area is 96.5 Å². The van der Waals surface area contributed by atoms with Gasteiger partial charge < -0.3 is 15.8 Å². The lowest BCUT2D eigenvalue weighted by Gasteiger charge is -2.06. The first-order chi connectivity index (χ1) is 7.16. The molecule has 0 rings (SSSR count). The third-order valence-electron chi connectivity index (χ3n) is 1.42. The van der Waals surface area contributed by atoms with Crippen LogP contribution in [0.3, 0.4) is 0 Å². The minimum atomic E-state index is 0. The fourth-order valence-electron chi connectivity index (χ4n) is 0.891. The zero-order valence-corrected chi connectivity index (χ0v) is 10.5. The van der Waals surface area contributed by atoms with Crippen molar-refractivity contribution in [2.75, 3.05) is 26.3 Å². The van der Waals surface area contributed by atoms with Crippen molar-refractivity contribution in [3.05, 3.63) is 0 Å². The fourth-order valence-corrected chi connectivity index (χ4v) is 0.891. The van der Waals surface area contributed by atoms with Crippen LogP contribution < -0.4 is 11.1 Å². The van der Waals surface area contributed by atoms with Gasteiger partial charge in [0.05, 0.1) is 13.2 Å². The predicted octanol–water partition coefficient (Wildman–Crippen LogP) is 1.64. The van der Waals surface area contributed by atoms with Crippen LogP contribution in [0.2, 0.25) is 0 Å². The second-order valence-corrected chi connectivity index (χ2v) is 3.35. The van der Waals surface area contributed by atoms with Crippen LogP contribution in [-0.4, -0.2) is 32.2 Å². The van der Waals surface area contributed by atoms with E-state index in [2.05, 4.69) is 5.32 Å². The molecular weight excluding hydrogens is 192 g/mol. The Morgan fingerprint density at radius 3 is 2.47 bits per heavy atom. The number of carbonyl (C=O) groups is 1. The number of carbonyl (C=O) groups excluding carboxylic acids is 1. The van der Waals surface area contributed by atoms with E-state index in [9.17, 15) is 4.79 Å². The molecule has 0 unspecified atom stereocenters. The maximum absolute atomic E-state index is 11.1. The quantitative estimate of drug-likeness (QED) is 0.644. The molecule has 1 amide bonds. The molecule has 0 aromatic heterocycles. The van der Waals surface area contributed by atoms with Gasteiger partial charge in [-0.2, -0.15) is 0 Å². The van der Waals surface area contributed by atoms with Crippen LogP contribution in [0.5, 0.6) is 0 Å². The van der Waals surface area contributed by atoms with E-state index in [0.717, 1.165) is 0 Å². The van der Waals surface area contributed by atoms with Crippen LogP contribution in [-0.2, 0) is 9.53 Å². The highest BCUT2D eigenvalue weighted by Gasteiger charge is 2.02. The van der Waals surface area contributed by atoms with Crippen molar-refractivity contribution in [3.63, 3.8) is 0 Å². The maximum Gasteiger partial charge on any atom is 0.220 e. The zero-order chi connectivity index (χ0) is 12.1. The van der Waals surface area contributed by atoms with E-state index >= 15 is 0 Å². The molecule has 0 fully saturated rings. The molecule has 0 heterocycles. The molecule has 96 valence electrons. The van der Waals surface area contributed by atoms with Gasteiger partial charge in [0.15, 0.2) is 0 Å². The van der Waals surface area contributed by atoms with E-state index in [4.69, 9.17) is 10.5 Å². The molecule has 0 aliphatic carbocycles. The average molecular weight is 222 g/mol. The summed E-state index contributed by atoms with van der Waals surface area (Å²) < 4.78 is 5.10. The summed E-state index contributed by atoms with van der Waals surface area (Å²) in [4.78, 5) is 11.1. The van der Waals surface area contributed by atoms with Crippen LogP contribution in [0.4, 0.5) is 0 Å². The van der Waals surface area contributed by atoms with Gasteiger partial charge in [0.1, 0.15) is 0 Å². The third kappa shape index (κ3) is 16.1. The minimum Gasteiger partial charge on any atom is -0.378 e. The number of nitrogens with two attached hydrogens (primary N) is 1. The number of hydrogen-bond donors (Lipinski definition) is 2. The Balaban J connectivity index is -0.000000199. The second-order valence-electron chi connectivity index (χ2n) is 3.35. The Bertz CT molecular complexity index is 147. The van der Waals surface area contributed by atoms with Crippen LogP contribution in [0.15, 0.2) is 0 Å². The van der Waals surface area contributed by atoms with Gasteiger partial charge in [-0.3, -0.25) is 4.79 Å². The lowest BCUT2D eigenvalue weighted by molar-refractivity contribution is -0.122. The van der Waals surface area contributed by atoms with E-state index in [1.165, 1.54) is 0 Å². The summed E-state index contributed by atoms with van der Waals surface area (Å²) in [7, 11) is 0. The summed E-state index contributed by atoms with van der Waals surface area (Å²) in [6.45, 7) is 10.2. The first-order valence-electron chi connectivity index (χ1n) is 5.71. The summed E-state index contributed by atoms with van der Waals surface area (Å²) in [6, 6.07) is 0. The maximum atomic E-state index is 11.1. The number of ether oxygens (including phenoxy) is 1. The summed E-state index contributed by atoms with van der Waals surface area (Å²) in [5, 5.41) is 2.77. The molecule has 0 radical (unpaired) electrons. The lowest BCUT2D eigenvalue weighted by Crippen LogP contribution is -2.28. The van der Waals surface area contributed by atoms with Crippen molar-refractivity contribution in [1.29, 1.82) is 0 Å². The van der Waals surface area contributed by atoms with Crippen LogP contribution in [0, 0.1) is 5.92 Å². The summed E-state index contributed by atoms with van der Waals surface area (Å²) in [6.07, 6.45) is 0.580. The second kappa shape index (κ2) is 13.4. The summed E-state index contributed by atoms with van der Waals surface area (Å²) >= 11 is 0. The number of hydrogen-bond acceptors (Lipinski definition) is 3. The van der Waals surface area contributed by atoms with Gasteiger partial charge in [0.25, 0.3) is 0 Å². The van der Waals surface area contributed by atoms with Gasteiger partial charge in [0.2, 0.25) is 5.91 Å². The molecule has 0 aliphatic heterocycles. The Morgan fingerprint density at radius 1 is 1.40 bits per heavy atom. The van der Waals surface area contributed by atoms with Gasteiger partial charge in [0, 0.05) is 22.4 Å².